The predicted octanol–water partition coefficient (Wildman–Crippen LogP) is 4.68. The van der Waals surface area contributed by atoms with Crippen LogP contribution in [0, 0.1) is 0 Å². The van der Waals surface area contributed by atoms with Crippen LogP contribution in [0.4, 0.5) is 13.2 Å². The number of fused-ring (bicyclic) bond motifs is 2. The molecule has 1 aliphatic carbocycles. The largest absolute Gasteiger partial charge is 0.416 e. The molecule has 2 aromatic carbocycles. The van der Waals surface area contributed by atoms with E-state index in [1.54, 1.807) is 0 Å². The molecule has 5 rings (SSSR count). The topological polar surface area (TPSA) is 69.8 Å². The third-order valence-corrected chi connectivity index (χ3v) is 6.58. The minimum Gasteiger partial charge on any atom is -0.349 e. The zero-order valence-electron chi connectivity index (χ0n) is 17.6. The minimum atomic E-state index is -4.38. The summed E-state index contributed by atoms with van der Waals surface area (Å²) in [6.45, 7) is 1.74. The first kappa shape index (κ1) is 21.0. The Morgan fingerprint density at radius 3 is 2.81 bits per heavy atom. The van der Waals surface area contributed by atoms with E-state index in [4.69, 9.17) is 0 Å². The summed E-state index contributed by atoms with van der Waals surface area (Å²) < 4.78 is 39.0. The molecule has 0 saturated heterocycles. The number of halogens is 3. The van der Waals surface area contributed by atoms with E-state index < -0.39 is 11.7 Å². The first-order valence-electron chi connectivity index (χ1n) is 11.1. The van der Waals surface area contributed by atoms with Gasteiger partial charge in [-0.3, -0.25) is 4.79 Å². The third kappa shape index (κ3) is 4.24. The fraction of sp³-hybridized carbons (Fsp3) is 0.417. The number of imidazole rings is 1. The van der Waals surface area contributed by atoms with Crippen LogP contribution in [0.5, 0.6) is 0 Å². The average Bonchev–Trinajstić information content (AvgIpc) is 3.22. The summed E-state index contributed by atoms with van der Waals surface area (Å²) in [5.41, 5.74) is 3.36. The van der Waals surface area contributed by atoms with Crippen LogP contribution in [0.1, 0.15) is 64.5 Å². The molecule has 1 aliphatic heterocycles. The van der Waals surface area contributed by atoms with Crippen molar-refractivity contribution in [1.29, 1.82) is 0 Å². The van der Waals surface area contributed by atoms with Gasteiger partial charge in [-0.15, -0.1) is 0 Å². The van der Waals surface area contributed by atoms with Crippen molar-refractivity contribution in [3.8, 4) is 0 Å². The van der Waals surface area contributed by atoms with E-state index in [9.17, 15) is 18.0 Å². The lowest BCUT2D eigenvalue weighted by atomic mass is 9.85. The van der Waals surface area contributed by atoms with E-state index in [-0.39, 0.29) is 17.9 Å². The Kier molecular flexibility index (Phi) is 5.41. The van der Waals surface area contributed by atoms with Gasteiger partial charge < -0.3 is 15.6 Å². The Hall–Kier alpha value is -2.87. The maximum atomic E-state index is 13.0. The SMILES string of the molecule is O=C(N[C@@H]1CCC[C@H](c2nc3ccc(C(F)(F)F)cc3[nH]2)C1)c1ccc2c(c1)CNCC2. The molecule has 3 N–H and O–H groups in total. The van der Waals surface area contributed by atoms with E-state index in [0.717, 1.165) is 50.9 Å². The average molecular weight is 442 g/mol. The Morgan fingerprint density at radius 1 is 1.09 bits per heavy atom. The van der Waals surface area contributed by atoms with Gasteiger partial charge in [-0.2, -0.15) is 13.2 Å². The van der Waals surface area contributed by atoms with Gasteiger partial charge in [0.2, 0.25) is 0 Å². The highest BCUT2D eigenvalue weighted by molar-refractivity contribution is 5.94. The van der Waals surface area contributed by atoms with Gasteiger partial charge in [0.25, 0.3) is 5.91 Å². The number of carbonyl (C=O) groups excluding carboxylic acids is 1. The zero-order valence-corrected chi connectivity index (χ0v) is 17.6. The Balaban J connectivity index is 1.28. The lowest BCUT2D eigenvalue weighted by Crippen LogP contribution is -2.38. The molecule has 0 bridgehead atoms. The lowest BCUT2D eigenvalue weighted by molar-refractivity contribution is -0.137. The quantitative estimate of drug-likeness (QED) is 0.552. The van der Waals surface area contributed by atoms with Crippen LogP contribution in [0.2, 0.25) is 0 Å². The number of nitrogens with one attached hydrogen (secondary N) is 3. The first-order valence-corrected chi connectivity index (χ1v) is 11.1. The van der Waals surface area contributed by atoms with Crippen molar-refractivity contribution in [2.24, 2.45) is 0 Å². The van der Waals surface area contributed by atoms with Gasteiger partial charge in [-0.25, -0.2) is 4.98 Å². The molecule has 32 heavy (non-hydrogen) atoms. The number of alkyl halides is 3. The van der Waals surface area contributed by atoms with Crippen molar-refractivity contribution in [2.75, 3.05) is 6.54 Å². The molecule has 8 heteroatoms. The summed E-state index contributed by atoms with van der Waals surface area (Å²) in [6.07, 6.45) is 0.00467. The molecule has 2 aliphatic rings. The van der Waals surface area contributed by atoms with Crippen LogP contribution in [0.3, 0.4) is 0 Å². The van der Waals surface area contributed by atoms with Crippen LogP contribution in [0.15, 0.2) is 36.4 Å². The molecule has 5 nitrogen and oxygen atoms in total. The molecule has 2 heterocycles. The van der Waals surface area contributed by atoms with Gasteiger partial charge in [0.1, 0.15) is 5.82 Å². The summed E-state index contributed by atoms with van der Waals surface area (Å²) in [7, 11) is 0. The number of hydrogen-bond acceptors (Lipinski definition) is 3. The number of amides is 1. The van der Waals surface area contributed by atoms with E-state index in [0.29, 0.717) is 28.8 Å². The Labute approximate surface area is 183 Å². The van der Waals surface area contributed by atoms with Crippen LogP contribution in [0.25, 0.3) is 11.0 Å². The summed E-state index contributed by atoms with van der Waals surface area (Å²) in [5.74, 6) is 0.685. The number of carbonyl (C=O) groups is 1. The fourth-order valence-electron chi connectivity index (χ4n) is 4.86. The van der Waals surface area contributed by atoms with E-state index in [1.165, 1.54) is 17.2 Å². The molecule has 0 radical (unpaired) electrons. The van der Waals surface area contributed by atoms with Crippen molar-refractivity contribution in [2.45, 2.75) is 56.8 Å². The van der Waals surface area contributed by atoms with Crippen molar-refractivity contribution in [3.05, 3.63) is 64.5 Å². The van der Waals surface area contributed by atoms with Crippen molar-refractivity contribution in [1.82, 2.24) is 20.6 Å². The van der Waals surface area contributed by atoms with Crippen LogP contribution >= 0.6 is 0 Å². The van der Waals surface area contributed by atoms with Gasteiger partial charge in [-0.1, -0.05) is 12.5 Å². The number of aromatic nitrogens is 2. The third-order valence-electron chi connectivity index (χ3n) is 6.58. The molecule has 0 spiro atoms. The molecule has 0 unspecified atom stereocenters. The van der Waals surface area contributed by atoms with Gasteiger partial charge >= 0.3 is 6.18 Å². The molecule has 1 amide bonds. The number of hydrogen-bond donors (Lipinski definition) is 3. The molecule has 1 saturated carbocycles. The highest BCUT2D eigenvalue weighted by Gasteiger charge is 2.31. The van der Waals surface area contributed by atoms with E-state index in [2.05, 4.69) is 20.6 Å². The summed E-state index contributed by atoms with van der Waals surface area (Å²) in [5, 5.41) is 6.49. The van der Waals surface area contributed by atoms with E-state index >= 15 is 0 Å². The summed E-state index contributed by atoms with van der Waals surface area (Å²) in [6, 6.07) is 9.48. The molecule has 168 valence electrons. The van der Waals surface area contributed by atoms with Crippen molar-refractivity contribution in [3.63, 3.8) is 0 Å². The van der Waals surface area contributed by atoms with Crippen LogP contribution in [-0.2, 0) is 19.1 Å². The Bertz CT molecular complexity index is 1150. The number of aromatic amines is 1. The fourth-order valence-corrected chi connectivity index (χ4v) is 4.86. The first-order chi connectivity index (χ1) is 15.4. The minimum absolute atomic E-state index is 0.00866. The van der Waals surface area contributed by atoms with Gasteiger partial charge in [0.15, 0.2) is 0 Å². The standard InChI is InChI=1S/C24H25F3N4O/c25-24(26,27)18-6-7-20-21(12-18)31-22(30-20)15-2-1-3-19(11-15)29-23(32)16-5-4-14-8-9-28-13-17(14)10-16/h4-7,10,12,15,19,28H,1-3,8-9,11,13H2,(H,29,32)(H,30,31)/t15-,19+/m0/s1. The maximum absolute atomic E-state index is 13.0. The molecule has 1 fully saturated rings. The zero-order chi connectivity index (χ0) is 22.3. The lowest BCUT2D eigenvalue weighted by Gasteiger charge is -2.29. The van der Waals surface area contributed by atoms with Crippen molar-refractivity contribution < 1.29 is 18.0 Å². The second-order valence-electron chi connectivity index (χ2n) is 8.80. The molecule has 3 aromatic rings. The number of H-pyrrole nitrogens is 1. The predicted molar refractivity (Wildman–Crippen MR) is 115 cm³/mol. The number of benzene rings is 2. The molecular formula is C24H25F3N4O. The monoisotopic (exact) mass is 442 g/mol. The second kappa shape index (κ2) is 8.24. The second-order valence-corrected chi connectivity index (χ2v) is 8.80. The molecule has 2 atom stereocenters. The van der Waals surface area contributed by atoms with Gasteiger partial charge in [0, 0.05) is 24.1 Å². The maximum Gasteiger partial charge on any atom is 0.416 e. The number of nitrogens with zero attached hydrogens (tertiary/aromatic N) is 1. The highest BCUT2D eigenvalue weighted by Crippen LogP contribution is 2.35. The number of rotatable bonds is 3. The summed E-state index contributed by atoms with van der Waals surface area (Å²) in [4.78, 5) is 20.5. The van der Waals surface area contributed by atoms with E-state index in [1.807, 2.05) is 18.2 Å². The van der Waals surface area contributed by atoms with Crippen molar-refractivity contribution >= 4 is 16.9 Å². The normalized spacial score (nSPS) is 21.3. The van der Waals surface area contributed by atoms with Gasteiger partial charge in [-0.05, 0) is 73.7 Å². The summed E-state index contributed by atoms with van der Waals surface area (Å²) >= 11 is 0. The molecule has 1 aromatic heterocycles. The van der Waals surface area contributed by atoms with Crippen LogP contribution in [-0.4, -0.2) is 28.5 Å². The Morgan fingerprint density at radius 2 is 1.97 bits per heavy atom. The van der Waals surface area contributed by atoms with Crippen LogP contribution < -0.4 is 10.6 Å². The smallest absolute Gasteiger partial charge is 0.349 e. The van der Waals surface area contributed by atoms with Gasteiger partial charge in [0.05, 0.1) is 16.6 Å². The molecular weight excluding hydrogens is 417 g/mol. The highest BCUT2D eigenvalue weighted by atomic mass is 19.4.